The second-order valence-corrected chi connectivity index (χ2v) is 5.32. The molecule has 0 amide bonds. The highest BCUT2D eigenvalue weighted by Crippen LogP contribution is 2.33. The van der Waals surface area contributed by atoms with Crippen LogP contribution < -0.4 is 0 Å². The number of pyridine rings is 1. The third-order valence-corrected chi connectivity index (χ3v) is 4.03. The molecule has 3 nitrogen and oxygen atoms in total. The number of carbonyl (C=O) groups is 1. The molecule has 0 aliphatic heterocycles. The number of hydrogen-bond acceptors (Lipinski definition) is 2. The molecule has 3 rings (SSSR count). The molecule has 3 heteroatoms. The molecule has 0 spiro atoms. The monoisotopic (exact) mass is 255 g/mol. The van der Waals surface area contributed by atoms with Crippen LogP contribution in [0.3, 0.4) is 0 Å². The average molecular weight is 255 g/mol. The van der Waals surface area contributed by atoms with Crippen molar-refractivity contribution >= 4 is 16.9 Å². The first kappa shape index (κ1) is 12.2. The minimum absolute atomic E-state index is 0.329. The van der Waals surface area contributed by atoms with E-state index in [0.717, 1.165) is 10.9 Å². The van der Waals surface area contributed by atoms with Gasteiger partial charge in [0.25, 0.3) is 0 Å². The van der Waals surface area contributed by atoms with Crippen molar-refractivity contribution in [3.8, 4) is 0 Å². The standard InChI is InChI=1S/C16H17NO2/c18-16(19)12-6-7-15-13(8-12)9-14(10-17-15)11-4-2-1-3-5-11/h6-11H,1-5H2,(H,18,19). The molecule has 0 saturated heterocycles. The van der Waals surface area contributed by atoms with Gasteiger partial charge in [0, 0.05) is 11.6 Å². The molecule has 19 heavy (non-hydrogen) atoms. The third-order valence-electron chi connectivity index (χ3n) is 4.03. The quantitative estimate of drug-likeness (QED) is 0.883. The van der Waals surface area contributed by atoms with E-state index in [1.54, 1.807) is 18.2 Å². The normalized spacial score (nSPS) is 16.6. The van der Waals surface area contributed by atoms with Crippen molar-refractivity contribution in [2.45, 2.75) is 38.0 Å². The highest BCUT2D eigenvalue weighted by Gasteiger charge is 2.16. The molecule has 1 aliphatic rings. The Kier molecular flexibility index (Phi) is 3.20. The largest absolute Gasteiger partial charge is 0.478 e. The number of aromatic nitrogens is 1. The molecule has 0 bridgehead atoms. The van der Waals surface area contributed by atoms with Crippen molar-refractivity contribution in [1.82, 2.24) is 4.98 Å². The van der Waals surface area contributed by atoms with E-state index in [2.05, 4.69) is 11.1 Å². The highest BCUT2D eigenvalue weighted by molar-refractivity contribution is 5.93. The van der Waals surface area contributed by atoms with Gasteiger partial charge in [0.2, 0.25) is 0 Å². The summed E-state index contributed by atoms with van der Waals surface area (Å²) in [6.07, 6.45) is 8.33. The number of carboxylic acids is 1. The van der Waals surface area contributed by atoms with Crippen molar-refractivity contribution in [3.05, 3.63) is 41.6 Å². The van der Waals surface area contributed by atoms with E-state index in [-0.39, 0.29) is 0 Å². The predicted octanol–water partition coefficient (Wildman–Crippen LogP) is 3.98. The molecular weight excluding hydrogens is 238 g/mol. The van der Waals surface area contributed by atoms with Gasteiger partial charge in [0.05, 0.1) is 11.1 Å². The molecule has 1 aliphatic carbocycles. The van der Waals surface area contributed by atoms with Crippen LogP contribution in [0.1, 0.15) is 53.9 Å². The molecule has 0 unspecified atom stereocenters. The number of hydrogen-bond donors (Lipinski definition) is 1. The Labute approximate surface area is 112 Å². The predicted molar refractivity (Wildman–Crippen MR) is 74.5 cm³/mol. The van der Waals surface area contributed by atoms with Gasteiger partial charge in [-0.3, -0.25) is 4.98 Å². The molecule has 1 heterocycles. The molecule has 1 saturated carbocycles. The lowest BCUT2D eigenvalue weighted by Gasteiger charge is -2.21. The summed E-state index contributed by atoms with van der Waals surface area (Å²) in [6.45, 7) is 0. The lowest BCUT2D eigenvalue weighted by atomic mass is 9.84. The van der Waals surface area contributed by atoms with Gasteiger partial charge in [-0.2, -0.15) is 0 Å². The summed E-state index contributed by atoms with van der Waals surface area (Å²) < 4.78 is 0. The molecule has 0 atom stereocenters. The Balaban J connectivity index is 2.00. The first-order valence-corrected chi connectivity index (χ1v) is 6.87. The van der Waals surface area contributed by atoms with Crippen molar-refractivity contribution in [2.24, 2.45) is 0 Å². The number of rotatable bonds is 2. The number of aromatic carboxylic acids is 1. The van der Waals surface area contributed by atoms with Crippen LogP contribution in [-0.4, -0.2) is 16.1 Å². The molecule has 1 N–H and O–H groups in total. The summed E-state index contributed by atoms with van der Waals surface area (Å²) in [6, 6.07) is 7.23. The fraction of sp³-hybridized carbons (Fsp3) is 0.375. The topological polar surface area (TPSA) is 50.2 Å². The van der Waals surface area contributed by atoms with Gasteiger partial charge in [-0.1, -0.05) is 19.3 Å². The molecule has 1 fully saturated rings. The second kappa shape index (κ2) is 5.00. The van der Waals surface area contributed by atoms with E-state index in [0.29, 0.717) is 11.5 Å². The van der Waals surface area contributed by atoms with Crippen LogP contribution in [0.2, 0.25) is 0 Å². The van der Waals surface area contributed by atoms with E-state index in [1.807, 2.05) is 6.20 Å². The summed E-state index contributed by atoms with van der Waals surface area (Å²) in [4.78, 5) is 15.5. The van der Waals surface area contributed by atoms with Crippen LogP contribution in [0, 0.1) is 0 Å². The van der Waals surface area contributed by atoms with Crippen LogP contribution in [0.4, 0.5) is 0 Å². The smallest absolute Gasteiger partial charge is 0.335 e. The summed E-state index contributed by atoms with van der Waals surface area (Å²) in [5, 5.41) is 9.98. The Morgan fingerprint density at radius 1 is 1.16 bits per heavy atom. The molecule has 1 aromatic heterocycles. The maximum Gasteiger partial charge on any atom is 0.335 e. The van der Waals surface area contributed by atoms with Gasteiger partial charge in [0.1, 0.15) is 0 Å². The Morgan fingerprint density at radius 3 is 2.68 bits per heavy atom. The number of nitrogens with zero attached hydrogens (tertiary/aromatic N) is 1. The van der Waals surface area contributed by atoms with Crippen molar-refractivity contribution < 1.29 is 9.90 Å². The van der Waals surface area contributed by atoms with E-state index in [4.69, 9.17) is 5.11 Å². The van der Waals surface area contributed by atoms with Crippen LogP contribution in [0.25, 0.3) is 10.9 Å². The zero-order chi connectivity index (χ0) is 13.2. The summed E-state index contributed by atoms with van der Waals surface area (Å²) in [5.74, 6) is -0.288. The van der Waals surface area contributed by atoms with E-state index < -0.39 is 5.97 Å². The van der Waals surface area contributed by atoms with Gasteiger partial charge in [0.15, 0.2) is 0 Å². The SMILES string of the molecule is O=C(O)c1ccc2ncc(C3CCCCC3)cc2c1. The van der Waals surface area contributed by atoms with Gasteiger partial charge in [-0.25, -0.2) is 4.79 Å². The molecular formula is C16H17NO2. The summed E-state index contributed by atoms with van der Waals surface area (Å²) in [5.41, 5.74) is 2.45. The van der Waals surface area contributed by atoms with Gasteiger partial charge >= 0.3 is 5.97 Å². The number of fused-ring (bicyclic) bond motifs is 1. The molecule has 2 aromatic rings. The highest BCUT2D eigenvalue weighted by atomic mass is 16.4. The molecule has 0 radical (unpaired) electrons. The van der Waals surface area contributed by atoms with Gasteiger partial charge in [-0.15, -0.1) is 0 Å². The fourth-order valence-electron chi connectivity index (χ4n) is 2.94. The lowest BCUT2D eigenvalue weighted by Crippen LogP contribution is -2.05. The van der Waals surface area contributed by atoms with E-state index >= 15 is 0 Å². The maximum absolute atomic E-state index is 11.0. The summed E-state index contributed by atoms with van der Waals surface area (Å²) >= 11 is 0. The molecule has 98 valence electrons. The second-order valence-electron chi connectivity index (χ2n) is 5.32. The average Bonchev–Trinajstić information content (AvgIpc) is 2.47. The number of carboxylic acid groups (broad SMARTS) is 1. The Bertz CT molecular complexity index is 615. The third kappa shape index (κ3) is 2.46. The minimum Gasteiger partial charge on any atom is -0.478 e. The Hall–Kier alpha value is -1.90. The van der Waals surface area contributed by atoms with Crippen LogP contribution in [0.5, 0.6) is 0 Å². The first-order valence-electron chi connectivity index (χ1n) is 6.87. The van der Waals surface area contributed by atoms with Crippen molar-refractivity contribution in [1.29, 1.82) is 0 Å². The lowest BCUT2D eigenvalue weighted by molar-refractivity contribution is 0.0697. The first-order chi connectivity index (χ1) is 9.24. The fourth-order valence-corrected chi connectivity index (χ4v) is 2.94. The van der Waals surface area contributed by atoms with Crippen LogP contribution >= 0.6 is 0 Å². The van der Waals surface area contributed by atoms with Crippen LogP contribution in [0.15, 0.2) is 30.5 Å². The Morgan fingerprint density at radius 2 is 1.95 bits per heavy atom. The van der Waals surface area contributed by atoms with Crippen molar-refractivity contribution in [2.75, 3.05) is 0 Å². The zero-order valence-electron chi connectivity index (χ0n) is 10.8. The van der Waals surface area contributed by atoms with Crippen molar-refractivity contribution in [3.63, 3.8) is 0 Å². The summed E-state index contributed by atoms with van der Waals surface area (Å²) in [7, 11) is 0. The van der Waals surface area contributed by atoms with E-state index in [9.17, 15) is 4.79 Å². The van der Waals surface area contributed by atoms with E-state index in [1.165, 1.54) is 37.7 Å². The van der Waals surface area contributed by atoms with Gasteiger partial charge < -0.3 is 5.11 Å². The van der Waals surface area contributed by atoms with Gasteiger partial charge in [-0.05, 0) is 48.6 Å². The minimum atomic E-state index is -0.884. The zero-order valence-corrected chi connectivity index (χ0v) is 10.8. The maximum atomic E-state index is 11.0. The number of benzene rings is 1. The molecule has 1 aromatic carbocycles. The van der Waals surface area contributed by atoms with Crippen LogP contribution in [-0.2, 0) is 0 Å².